The molecule has 0 spiro atoms. The molecule has 9 atom stereocenters. The van der Waals surface area contributed by atoms with Gasteiger partial charge in [0.25, 0.3) is 0 Å². The van der Waals surface area contributed by atoms with Gasteiger partial charge >= 0.3 is 19.8 Å². The largest absolute Gasteiger partial charge is 0.472 e. The molecule has 5 unspecified atom stereocenters. The van der Waals surface area contributed by atoms with Gasteiger partial charge in [-0.1, -0.05) is 65.5 Å². The molecular weight excluding hydrogens is 1450 g/mol. The topological polar surface area (TPSA) is 108 Å². The second-order valence-electron chi connectivity index (χ2n) is 18.2. The predicted octanol–water partition coefficient (Wildman–Crippen LogP) is 14.2. The van der Waals surface area contributed by atoms with E-state index in [0.717, 1.165) is 57.9 Å². The molecule has 3 saturated carbocycles. The molecule has 0 aromatic heterocycles. The number of ether oxygens (including phenoxy) is 2. The highest BCUT2D eigenvalue weighted by Crippen LogP contribution is 2.68. The second-order valence-corrected chi connectivity index (χ2v) is 26.5. The fraction of sp³-hybridized carbons (Fsp3) is 0.636. The summed E-state index contributed by atoms with van der Waals surface area (Å²) in [7, 11) is -4.70. The maximum Gasteiger partial charge on any atom is 0.472 e. The lowest BCUT2D eigenvalue weighted by Gasteiger charge is -2.58. The summed E-state index contributed by atoms with van der Waals surface area (Å²) in [5, 5.41) is 0. The zero-order valence-corrected chi connectivity index (χ0v) is 48.1. The van der Waals surface area contributed by atoms with Gasteiger partial charge in [-0.25, -0.2) is 14.2 Å². The molecule has 2 aromatic rings. The van der Waals surface area contributed by atoms with Gasteiger partial charge in [-0.2, -0.15) is 0 Å². The molecule has 1 N–H and O–H groups in total. The van der Waals surface area contributed by atoms with Gasteiger partial charge in [0.15, 0.2) is 0 Å². The Morgan fingerprint density at radius 2 is 1.41 bits per heavy atom. The summed E-state index contributed by atoms with van der Waals surface area (Å²) < 4.78 is 41.9. The quantitative estimate of drug-likeness (QED) is 0.0618. The van der Waals surface area contributed by atoms with Gasteiger partial charge < -0.3 is 14.4 Å². The number of carbonyl (C=O) groups is 2. The van der Waals surface area contributed by atoms with Gasteiger partial charge in [-0.15, -0.1) is 0 Å². The third-order valence-corrected chi connectivity index (χ3v) is 22.5. The van der Waals surface area contributed by atoms with Gasteiger partial charge in [-0.3, -0.25) is 9.05 Å². The highest BCUT2D eigenvalue weighted by atomic mass is 127. The summed E-state index contributed by atoms with van der Waals surface area (Å²) in [6, 6.07) is 7.38. The van der Waals surface area contributed by atoms with Crippen molar-refractivity contribution in [2.75, 3.05) is 13.2 Å². The smallest absolute Gasteiger partial charge is 0.459 e. The van der Waals surface area contributed by atoms with Crippen LogP contribution >= 0.6 is 143 Å². The highest BCUT2D eigenvalue weighted by Gasteiger charge is 2.59. The molecule has 0 heterocycles. The number of hydrogen-bond donors (Lipinski definition) is 1. The Kier molecular flexibility index (Phi) is 17.9. The first kappa shape index (κ1) is 50.0. The molecular formula is C44H55I6O8P. The van der Waals surface area contributed by atoms with Crippen molar-refractivity contribution in [2.24, 2.45) is 46.3 Å². The lowest BCUT2D eigenvalue weighted by molar-refractivity contribution is -0.0588. The zero-order chi connectivity index (χ0) is 43.0. The molecule has 0 radical (unpaired) electrons. The van der Waals surface area contributed by atoms with Gasteiger partial charge in [0, 0.05) is 21.4 Å². The Hall–Kier alpha value is 1.61. The maximum absolute atomic E-state index is 13.8. The van der Waals surface area contributed by atoms with E-state index < -0.39 is 45.2 Å². The number of carbonyl (C=O) groups excluding carboxylic acids is 2. The van der Waals surface area contributed by atoms with Crippen LogP contribution in [0.3, 0.4) is 0 Å². The number of fused-ring (bicyclic) bond motifs is 5. The van der Waals surface area contributed by atoms with Crippen LogP contribution in [0.2, 0.25) is 0 Å². The van der Waals surface area contributed by atoms with Crippen molar-refractivity contribution in [3.63, 3.8) is 0 Å². The minimum absolute atomic E-state index is 0.0471. The number of rotatable bonds is 15. The number of allylic oxidation sites excluding steroid dienone is 1. The molecule has 2 aromatic carbocycles. The zero-order valence-electron chi connectivity index (χ0n) is 34.2. The number of halogens is 6. The monoisotopic (exact) mass is 1500 g/mol. The molecule has 0 bridgehead atoms. The van der Waals surface area contributed by atoms with E-state index in [4.69, 9.17) is 18.5 Å². The van der Waals surface area contributed by atoms with Crippen molar-refractivity contribution in [2.45, 2.75) is 117 Å². The van der Waals surface area contributed by atoms with Gasteiger partial charge in [0.2, 0.25) is 0 Å². The van der Waals surface area contributed by atoms with Crippen LogP contribution in [0.25, 0.3) is 0 Å². The molecule has 0 aliphatic heterocycles. The number of esters is 2. The second kappa shape index (κ2) is 21.1. The summed E-state index contributed by atoms with van der Waals surface area (Å²) in [6.45, 7) is 11.4. The molecule has 4 aliphatic carbocycles. The van der Waals surface area contributed by atoms with E-state index in [1.165, 1.54) is 50.5 Å². The SMILES string of the molecule is CC(C)CCC[C@@H](C)C1CCC2C3CC=C4C[C@@H](OP(=O)(O)OC(COC(=O)c5cc(I)cc(I)c5I)COC(=O)c5cc(I)cc(I)c5I)CC[C@]4(C)C3CC[C@@]21C. The summed E-state index contributed by atoms with van der Waals surface area (Å²) in [6.07, 6.45) is 13.1. The predicted molar refractivity (Wildman–Crippen MR) is 282 cm³/mol. The number of phosphoric acid groups is 1. The normalized spacial score (nSPS) is 29.3. The van der Waals surface area contributed by atoms with Crippen molar-refractivity contribution in [1.82, 2.24) is 0 Å². The van der Waals surface area contributed by atoms with Crippen molar-refractivity contribution in [3.05, 3.63) is 68.5 Å². The Morgan fingerprint density at radius 1 is 0.814 bits per heavy atom. The fourth-order valence-corrected chi connectivity index (χ4v) is 17.0. The minimum Gasteiger partial charge on any atom is -0.459 e. The number of hydrogen-bond acceptors (Lipinski definition) is 7. The summed E-state index contributed by atoms with van der Waals surface area (Å²) >= 11 is 12.8. The van der Waals surface area contributed by atoms with E-state index in [-0.39, 0.29) is 5.41 Å². The van der Waals surface area contributed by atoms with Crippen LogP contribution in [0.15, 0.2) is 35.9 Å². The van der Waals surface area contributed by atoms with E-state index in [1.54, 1.807) is 12.1 Å². The summed E-state index contributed by atoms with van der Waals surface area (Å²) in [5.41, 5.74) is 2.55. The van der Waals surface area contributed by atoms with Crippen LogP contribution in [-0.2, 0) is 23.1 Å². The first-order valence-electron chi connectivity index (χ1n) is 20.7. The van der Waals surface area contributed by atoms with Gasteiger partial charge in [0.1, 0.15) is 19.3 Å². The summed E-state index contributed by atoms with van der Waals surface area (Å²) in [5.74, 6) is 3.18. The van der Waals surface area contributed by atoms with Crippen LogP contribution in [-0.4, -0.2) is 42.3 Å². The van der Waals surface area contributed by atoms with E-state index >= 15 is 0 Å². The average Bonchev–Trinajstić information content (AvgIpc) is 3.52. The standard InChI is InChI=1S/C44H55I6O8P/c1-24(2)7-6-8-25(3)34-11-12-35-31-10-9-26-17-29(13-15-43(26,4)36(31)14-16-44(34,35)5)57-59(53,54)58-30(22-55-41(51)32-18-27(45)20-37(47)39(32)49)23-56-42(52)33-19-28(46)21-38(48)40(33)50/h9,18-21,24-25,29-31,34-36H,6-8,10-17,22-23H2,1-5H3,(H,53,54)/t25-,29+,31?,34?,35?,36?,43+,44-/m1/s1. The Labute approximate surface area is 432 Å². The lowest BCUT2D eigenvalue weighted by Crippen LogP contribution is -2.51. The van der Waals surface area contributed by atoms with Crippen molar-refractivity contribution in [3.8, 4) is 0 Å². The van der Waals surface area contributed by atoms with Gasteiger partial charge in [0.05, 0.1) is 17.2 Å². The molecule has 326 valence electrons. The molecule has 4 aliphatic rings. The molecule has 3 fully saturated rings. The van der Waals surface area contributed by atoms with Crippen LogP contribution < -0.4 is 0 Å². The molecule has 6 rings (SSSR count). The third-order valence-electron chi connectivity index (χ3n) is 14.1. The molecule has 0 saturated heterocycles. The van der Waals surface area contributed by atoms with E-state index in [2.05, 4.69) is 176 Å². The molecule has 59 heavy (non-hydrogen) atoms. The van der Waals surface area contributed by atoms with Crippen molar-refractivity contribution in [1.29, 1.82) is 0 Å². The first-order chi connectivity index (χ1) is 27.7. The van der Waals surface area contributed by atoms with E-state index in [0.29, 0.717) is 41.2 Å². The van der Waals surface area contributed by atoms with Crippen molar-refractivity contribution < 1.29 is 37.6 Å². The molecule has 0 amide bonds. The number of phosphoric ester groups is 1. The Balaban J connectivity index is 1.12. The van der Waals surface area contributed by atoms with E-state index in [1.807, 2.05) is 12.1 Å². The third kappa shape index (κ3) is 11.8. The maximum atomic E-state index is 13.8. The van der Waals surface area contributed by atoms with Crippen molar-refractivity contribution >= 4 is 155 Å². The van der Waals surface area contributed by atoms with Gasteiger partial charge in [-0.05, 0) is 258 Å². The lowest BCUT2D eigenvalue weighted by atomic mass is 9.47. The Bertz CT molecular complexity index is 1900. The van der Waals surface area contributed by atoms with E-state index in [9.17, 15) is 19.0 Å². The highest BCUT2D eigenvalue weighted by molar-refractivity contribution is 14.1. The fourth-order valence-electron chi connectivity index (χ4n) is 11.2. The Morgan fingerprint density at radius 3 is 1.98 bits per heavy atom. The van der Waals surface area contributed by atoms with Crippen LogP contribution in [0.1, 0.15) is 126 Å². The minimum atomic E-state index is -4.70. The van der Waals surface area contributed by atoms with Crippen LogP contribution in [0.5, 0.6) is 0 Å². The number of benzene rings is 2. The average molecular weight is 1500 g/mol. The summed E-state index contributed by atoms with van der Waals surface area (Å²) in [4.78, 5) is 37.9. The first-order valence-corrected chi connectivity index (χ1v) is 28.7. The van der Waals surface area contributed by atoms with Crippen LogP contribution in [0, 0.1) is 67.8 Å². The van der Waals surface area contributed by atoms with Crippen LogP contribution in [0.4, 0.5) is 0 Å². The molecule has 8 nitrogen and oxygen atoms in total. The molecule has 15 heteroatoms.